The first-order valence-corrected chi connectivity index (χ1v) is 5.04. The summed E-state index contributed by atoms with van der Waals surface area (Å²) in [6, 6.07) is 6.18. The Bertz CT molecular complexity index is 431. The molecule has 74 valence electrons. The van der Waals surface area contributed by atoms with Crippen molar-refractivity contribution in [3.8, 4) is 0 Å². The van der Waals surface area contributed by atoms with Gasteiger partial charge in [-0.3, -0.25) is 0 Å². The molecule has 0 amide bonds. The van der Waals surface area contributed by atoms with E-state index in [1.165, 1.54) is 18.4 Å². The van der Waals surface area contributed by atoms with Crippen LogP contribution in [0.1, 0.15) is 25.3 Å². The predicted molar refractivity (Wildman–Crippen MR) is 59.1 cm³/mol. The molecule has 14 heavy (non-hydrogen) atoms. The van der Waals surface area contributed by atoms with Crippen LogP contribution in [0, 0.1) is 0 Å². The number of rotatable bonds is 3. The minimum Gasteiger partial charge on any atom is -0.369 e. The maximum Gasteiger partial charge on any atom is 0.198 e. The lowest BCUT2D eigenvalue weighted by molar-refractivity contribution is 0.798. The Morgan fingerprint density at radius 3 is 3.07 bits per heavy atom. The molecule has 0 spiro atoms. The summed E-state index contributed by atoms with van der Waals surface area (Å²) in [6.07, 6.45) is 3.49. The summed E-state index contributed by atoms with van der Waals surface area (Å²) in [5.74, 6) is 0.504. The van der Waals surface area contributed by atoms with E-state index in [1.807, 2.05) is 12.1 Å². The van der Waals surface area contributed by atoms with Crippen LogP contribution in [-0.4, -0.2) is 9.97 Å². The van der Waals surface area contributed by atoms with Crippen molar-refractivity contribution < 1.29 is 0 Å². The highest BCUT2D eigenvalue weighted by Crippen LogP contribution is 2.18. The van der Waals surface area contributed by atoms with Gasteiger partial charge in [-0.25, -0.2) is 4.98 Å². The molecule has 0 saturated carbocycles. The Morgan fingerprint density at radius 2 is 2.29 bits per heavy atom. The van der Waals surface area contributed by atoms with E-state index in [0.717, 1.165) is 17.5 Å². The van der Waals surface area contributed by atoms with Crippen molar-refractivity contribution in [2.24, 2.45) is 0 Å². The van der Waals surface area contributed by atoms with Crippen LogP contribution >= 0.6 is 0 Å². The minimum atomic E-state index is 0.504. The molecule has 0 bridgehead atoms. The molecule has 0 aliphatic rings. The van der Waals surface area contributed by atoms with Gasteiger partial charge in [-0.15, -0.1) is 0 Å². The lowest BCUT2D eigenvalue weighted by atomic mass is 10.1. The number of nitrogens with two attached hydrogens (primary N) is 1. The monoisotopic (exact) mass is 189 g/mol. The van der Waals surface area contributed by atoms with Crippen LogP contribution in [0.15, 0.2) is 18.2 Å². The molecule has 0 unspecified atom stereocenters. The number of benzene rings is 1. The first-order chi connectivity index (χ1) is 6.81. The Kier molecular flexibility index (Phi) is 2.39. The number of hydrogen-bond acceptors (Lipinski definition) is 2. The summed E-state index contributed by atoms with van der Waals surface area (Å²) in [7, 11) is 0. The number of fused-ring (bicyclic) bond motifs is 1. The largest absolute Gasteiger partial charge is 0.369 e. The molecule has 0 fully saturated rings. The normalized spacial score (nSPS) is 10.9. The Balaban J connectivity index is 2.42. The number of nitrogens with one attached hydrogen (secondary N) is 1. The summed E-state index contributed by atoms with van der Waals surface area (Å²) in [5, 5.41) is 0. The number of aromatic nitrogens is 2. The van der Waals surface area contributed by atoms with E-state index >= 15 is 0 Å². The highest BCUT2D eigenvalue weighted by Gasteiger charge is 2.04. The topological polar surface area (TPSA) is 54.7 Å². The fourth-order valence-electron chi connectivity index (χ4n) is 1.68. The fourth-order valence-corrected chi connectivity index (χ4v) is 1.68. The molecule has 0 saturated heterocycles. The van der Waals surface area contributed by atoms with Crippen molar-refractivity contribution in [3.05, 3.63) is 23.8 Å². The number of hydrogen-bond donors (Lipinski definition) is 2. The zero-order valence-corrected chi connectivity index (χ0v) is 8.38. The second kappa shape index (κ2) is 3.70. The highest BCUT2D eigenvalue weighted by atomic mass is 15.0. The quantitative estimate of drug-likeness (QED) is 0.779. The summed E-state index contributed by atoms with van der Waals surface area (Å²) in [4.78, 5) is 7.33. The molecule has 1 aromatic carbocycles. The third kappa shape index (κ3) is 1.58. The van der Waals surface area contributed by atoms with Gasteiger partial charge in [0, 0.05) is 0 Å². The number of anilines is 1. The van der Waals surface area contributed by atoms with Crippen LogP contribution in [0.25, 0.3) is 11.0 Å². The molecule has 1 heterocycles. The molecular formula is C11H15N3. The summed E-state index contributed by atoms with van der Waals surface area (Å²) < 4.78 is 0. The maximum absolute atomic E-state index is 5.62. The van der Waals surface area contributed by atoms with Crippen LogP contribution in [0.4, 0.5) is 5.95 Å². The SMILES string of the molecule is CCCCc1cccc2[nH]c(N)nc12. The molecule has 2 rings (SSSR count). The number of H-pyrrole nitrogens is 1. The van der Waals surface area contributed by atoms with Crippen molar-refractivity contribution in [1.29, 1.82) is 0 Å². The molecule has 3 heteroatoms. The van der Waals surface area contributed by atoms with Gasteiger partial charge in [-0.2, -0.15) is 0 Å². The average Bonchev–Trinajstić information content (AvgIpc) is 2.55. The van der Waals surface area contributed by atoms with Gasteiger partial charge in [0.25, 0.3) is 0 Å². The lowest BCUT2D eigenvalue weighted by Gasteiger charge is -1.99. The van der Waals surface area contributed by atoms with Crippen molar-refractivity contribution in [1.82, 2.24) is 9.97 Å². The molecule has 2 aromatic rings. The van der Waals surface area contributed by atoms with Crippen LogP contribution in [0.5, 0.6) is 0 Å². The van der Waals surface area contributed by atoms with Gasteiger partial charge < -0.3 is 10.7 Å². The summed E-state index contributed by atoms with van der Waals surface area (Å²) in [6.45, 7) is 2.19. The molecule has 3 nitrogen and oxygen atoms in total. The van der Waals surface area contributed by atoms with Gasteiger partial charge in [-0.1, -0.05) is 25.5 Å². The van der Waals surface area contributed by atoms with Crippen molar-refractivity contribution >= 4 is 17.0 Å². The maximum atomic E-state index is 5.62. The van der Waals surface area contributed by atoms with Gasteiger partial charge in [0.15, 0.2) is 5.95 Å². The smallest absolute Gasteiger partial charge is 0.198 e. The van der Waals surface area contributed by atoms with Crippen molar-refractivity contribution in [3.63, 3.8) is 0 Å². The first kappa shape index (κ1) is 9.06. The number of para-hydroxylation sites is 1. The van der Waals surface area contributed by atoms with E-state index in [4.69, 9.17) is 5.73 Å². The lowest BCUT2D eigenvalue weighted by Crippen LogP contribution is -1.87. The average molecular weight is 189 g/mol. The number of aryl methyl sites for hydroxylation is 1. The van der Waals surface area contributed by atoms with Crippen LogP contribution in [-0.2, 0) is 6.42 Å². The zero-order chi connectivity index (χ0) is 9.97. The van der Waals surface area contributed by atoms with Gasteiger partial charge in [0.1, 0.15) is 0 Å². The van der Waals surface area contributed by atoms with E-state index < -0.39 is 0 Å². The van der Waals surface area contributed by atoms with Gasteiger partial charge in [-0.05, 0) is 24.5 Å². The Morgan fingerprint density at radius 1 is 1.43 bits per heavy atom. The van der Waals surface area contributed by atoms with Gasteiger partial charge in [0.05, 0.1) is 11.0 Å². The molecule has 0 aliphatic heterocycles. The van der Waals surface area contributed by atoms with E-state index in [-0.39, 0.29) is 0 Å². The first-order valence-electron chi connectivity index (χ1n) is 5.04. The number of unbranched alkanes of at least 4 members (excludes halogenated alkanes) is 1. The zero-order valence-electron chi connectivity index (χ0n) is 8.38. The molecule has 1 aromatic heterocycles. The fraction of sp³-hybridized carbons (Fsp3) is 0.364. The molecule has 0 atom stereocenters. The Labute approximate surface area is 83.3 Å². The second-order valence-corrected chi connectivity index (χ2v) is 3.54. The highest BCUT2D eigenvalue weighted by molar-refractivity contribution is 5.80. The van der Waals surface area contributed by atoms with E-state index in [9.17, 15) is 0 Å². The number of nitrogens with zero attached hydrogens (tertiary/aromatic N) is 1. The molecular weight excluding hydrogens is 174 g/mol. The van der Waals surface area contributed by atoms with E-state index in [0.29, 0.717) is 5.95 Å². The van der Waals surface area contributed by atoms with Crippen LogP contribution in [0.3, 0.4) is 0 Å². The summed E-state index contributed by atoms with van der Waals surface area (Å²) >= 11 is 0. The number of aromatic amines is 1. The van der Waals surface area contributed by atoms with Gasteiger partial charge in [0.2, 0.25) is 0 Å². The van der Waals surface area contributed by atoms with Crippen molar-refractivity contribution in [2.75, 3.05) is 5.73 Å². The molecule has 0 aliphatic carbocycles. The van der Waals surface area contributed by atoms with Crippen LogP contribution in [0.2, 0.25) is 0 Å². The number of imidazole rings is 1. The third-order valence-corrected chi connectivity index (χ3v) is 2.41. The third-order valence-electron chi connectivity index (χ3n) is 2.41. The minimum absolute atomic E-state index is 0.504. The van der Waals surface area contributed by atoms with Crippen molar-refractivity contribution in [2.45, 2.75) is 26.2 Å². The summed E-state index contributed by atoms with van der Waals surface area (Å²) in [5.41, 5.74) is 8.98. The van der Waals surface area contributed by atoms with E-state index in [2.05, 4.69) is 23.0 Å². The predicted octanol–water partition coefficient (Wildman–Crippen LogP) is 2.49. The standard InChI is InChI=1S/C11H15N3/c1-2-3-5-8-6-4-7-9-10(8)14-11(12)13-9/h4,6-7H,2-3,5H2,1H3,(H3,12,13,14). The van der Waals surface area contributed by atoms with Crippen LogP contribution < -0.4 is 5.73 Å². The second-order valence-electron chi connectivity index (χ2n) is 3.54. The Hall–Kier alpha value is -1.51. The molecule has 3 N–H and O–H groups in total. The molecule has 0 radical (unpaired) electrons. The van der Waals surface area contributed by atoms with E-state index in [1.54, 1.807) is 0 Å². The number of nitrogen functional groups attached to an aromatic ring is 1. The van der Waals surface area contributed by atoms with Gasteiger partial charge >= 0.3 is 0 Å².